The zero-order valence-corrected chi connectivity index (χ0v) is 10.8. The van der Waals surface area contributed by atoms with Crippen molar-refractivity contribution in [3.63, 3.8) is 0 Å². The van der Waals surface area contributed by atoms with Crippen LogP contribution < -0.4 is 0 Å². The van der Waals surface area contributed by atoms with E-state index in [9.17, 15) is 9.50 Å². The van der Waals surface area contributed by atoms with Gasteiger partial charge in [0.15, 0.2) is 0 Å². The van der Waals surface area contributed by atoms with Crippen LogP contribution in [0, 0.1) is 19.7 Å². The predicted octanol–water partition coefficient (Wildman–Crippen LogP) is 2.74. The number of aliphatic hydroxyl groups is 1. The lowest BCUT2D eigenvalue weighted by atomic mass is 9.98. The Morgan fingerprint density at radius 2 is 2.11 bits per heavy atom. The van der Waals surface area contributed by atoms with E-state index in [1.165, 1.54) is 6.07 Å². The maximum atomic E-state index is 14.0. The molecule has 2 aromatic rings. The van der Waals surface area contributed by atoms with Gasteiger partial charge in [-0.25, -0.2) is 4.39 Å². The quantitative estimate of drug-likeness (QED) is 0.907. The largest absolute Gasteiger partial charge is 0.382 e. The van der Waals surface area contributed by atoms with Crippen LogP contribution in [0.2, 0.25) is 0 Å². The number of aliphatic hydroxyl groups excluding tert-OH is 1. The number of nitrogens with zero attached hydrogens (tertiary/aromatic N) is 2. The maximum Gasteiger partial charge on any atom is 0.129 e. The summed E-state index contributed by atoms with van der Waals surface area (Å²) in [5.41, 5.74) is 2.55. The van der Waals surface area contributed by atoms with Crippen LogP contribution in [0.3, 0.4) is 0 Å². The summed E-state index contributed by atoms with van der Waals surface area (Å²) in [5, 5.41) is 14.4. The Hall–Kier alpha value is -1.68. The first-order chi connectivity index (χ1) is 8.54. The molecule has 0 spiro atoms. The van der Waals surface area contributed by atoms with Gasteiger partial charge in [-0.2, -0.15) is 5.10 Å². The van der Waals surface area contributed by atoms with Crippen molar-refractivity contribution in [1.82, 2.24) is 9.78 Å². The Balaban J connectivity index is 2.49. The van der Waals surface area contributed by atoms with Crippen LogP contribution in [0.15, 0.2) is 24.4 Å². The minimum absolute atomic E-state index is 0.329. The summed E-state index contributed by atoms with van der Waals surface area (Å²) in [6.07, 6.45) is 0.636. The number of rotatable bonds is 3. The Kier molecular flexibility index (Phi) is 3.48. The van der Waals surface area contributed by atoms with Crippen LogP contribution in [0.1, 0.15) is 35.4 Å². The third-order valence-corrected chi connectivity index (χ3v) is 3.08. The van der Waals surface area contributed by atoms with Crippen molar-refractivity contribution in [2.45, 2.75) is 33.4 Å². The van der Waals surface area contributed by atoms with Crippen LogP contribution in [0.5, 0.6) is 0 Å². The summed E-state index contributed by atoms with van der Waals surface area (Å²) >= 11 is 0. The fourth-order valence-corrected chi connectivity index (χ4v) is 2.26. The first kappa shape index (κ1) is 12.8. The third kappa shape index (κ3) is 2.16. The zero-order chi connectivity index (χ0) is 13.3. The molecule has 96 valence electrons. The van der Waals surface area contributed by atoms with Gasteiger partial charge in [0.05, 0.1) is 5.69 Å². The Morgan fingerprint density at radius 3 is 2.72 bits per heavy atom. The zero-order valence-electron chi connectivity index (χ0n) is 10.8. The summed E-state index contributed by atoms with van der Waals surface area (Å²) in [6.45, 7) is 6.22. The normalized spacial score (nSPS) is 12.7. The standard InChI is InChI=1S/C14H17FN2O/c1-4-17-12(5-6-16-17)14(18)13-10(3)7-9(2)8-11(13)15/h5-8,14,18H,4H2,1-3H3. The molecule has 0 fully saturated rings. The van der Waals surface area contributed by atoms with Gasteiger partial charge in [-0.15, -0.1) is 0 Å². The van der Waals surface area contributed by atoms with Gasteiger partial charge in [0, 0.05) is 18.3 Å². The number of hydrogen-bond donors (Lipinski definition) is 1. The van der Waals surface area contributed by atoms with Crippen molar-refractivity contribution >= 4 is 0 Å². The molecule has 1 heterocycles. The third-order valence-electron chi connectivity index (χ3n) is 3.08. The molecule has 4 heteroatoms. The van der Waals surface area contributed by atoms with Gasteiger partial charge in [0.2, 0.25) is 0 Å². The molecule has 1 atom stereocenters. The topological polar surface area (TPSA) is 38.0 Å². The lowest BCUT2D eigenvalue weighted by Crippen LogP contribution is -2.12. The fourth-order valence-electron chi connectivity index (χ4n) is 2.26. The van der Waals surface area contributed by atoms with Gasteiger partial charge in [-0.3, -0.25) is 4.68 Å². The highest BCUT2D eigenvalue weighted by Crippen LogP contribution is 2.28. The fraction of sp³-hybridized carbons (Fsp3) is 0.357. The van der Waals surface area contributed by atoms with E-state index in [4.69, 9.17) is 0 Å². The van der Waals surface area contributed by atoms with E-state index in [2.05, 4.69) is 5.10 Å². The molecule has 0 bridgehead atoms. The summed E-state index contributed by atoms with van der Waals surface area (Å²) < 4.78 is 15.7. The highest BCUT2D eigenvalue weighted by molar-refractivity contribution is 5.37. The molecule has 1 aromatic heterocycles. The molecule has 1 unspecified atom stereocenters. The van der Waals surface area contributed by atoms with Gasteiger partial charge in [-0.1, -0.05) is 6.07 Å². The van der Waals surface area contributed by atoms with Crippen molar-refractivity contribution in [1.29, 1.82) is 0 Å². The molecule has 18 heavy (non-hydrogen) atoms. The van der Waals surface area contributed by atoms with E-state index in [0.717, 1.165) is 11.1 Å². The van der Waals surface area contributed by atoms with Gasteiger partial charge in [0.1, 0.15) is 11.9 Å². The molecule has 1 N–H and O–H groups in total. The molecule has 2 rings (SSSR count). The lowest BCUT2D eigenvalue weighted by Gasteiger charge is -2.16. The molecule has 0 aliphatic rings. The van der Waals surface area contributed by atoms with Crippen molar-refractivity contribution in [2.75, 3.05) is 0 Å². The van der Waals surface area contributed by atoms with E-state index in [1.807, 2.05) is 19.9 Å². The Labute approximate surface area is 106 Å². The van der Waals surface area contributed by atoms with Crippen LogP contribution in [0.4, 0.5) is 4.39 Å². The molecular weight excluding hydrogens is 231 g/mol. The molecule has 1 aromatic carbocycles. The van der Waals surface area contributed by atoms with Crippen LogP contribution >= 0.6 is 0 Å². The molecule has 0 radical (unpaired) electrons. The molecule has 0 amide bonds. The van der Waals surface area contributed by atoms with E-state index in [0.29, 0.717) is 17.8 Å². The summed E-state index contributed by atoms with van der Waals surface area (Å²) in [5.74, 6) is -0.371. The van der Waals surface area contributed by atoms with E-state index < -0.39 is 6.10 Å². The SMILES string of the molecule is CCn1nccc1C(O)c1c(C)cc(C)cc1F. The first-order valence-corrected chi connectivity index (χ1v) is 6.01. The average molecular weight is 248 g/mol. The van der Waals surface area contributed by atoms with Crippen molar-refractivity contribution in [3.05, 3.63) is 52.6 Å². The van der Waals surface area contributed by atoms with Gasteiger partial charge in [-0.05, 0) is 44.0 Å². The van der Waals surface area contributed by atoms with E-state index in [-0.39, 0.29) is 5.82 Å². The van der Waals surface area contributed by atoms with Crippen molar-refractivity contribution in [2.24, 2.45) is 0 Å². The number of benzene rings is 1. The van der Waals surface area contributed by atoms with Gasteiger partial charge in [0.25, 0.3) is 0 Å². The van der Waals surface area contributed by atoms with Crippen LogP contribution in [-0.4, -0.2) is 14.9 Å². The smallest absolute Gasteiger partial charge is 0.129 e. The summed E-state index contributed by atoms with van der Waals surface area (Å²) in [6, 6.07) is 5.03. The lowest BCUT2D eigenvalue weighted by molar-refractivity contribution is 0.202. The van der Waals surface area contributed by atoms with Crippen molar-refractivity contribution < 1.29 is 9.50 Å². The van der Waals surface area contributed by atoms with Gasteiger partial charge >= 0.3 is 0 Å². The van der Waals surface area contributed by atoms with Gasteiger partial charge < -0.3 is 5.11 Å². The minimum atomic E-state index is -0.979. The molecular formula is C14H17FN2O. The minimum Gasteiger partial charge on any atom is -0.382 e. The number of aromatic nitrogens is 2. The van der Waals surface area contributed by atoms with Crippen molar-refractivity contribution in [3.8, 4) is 0 Å². The molecule has 0 aliphatic heterocycles. The van der Waals surface area contributed by atoms with Crippen LogP contribution in [-0.2, 0) is 6.54 Å². The second-order valence-corrected chi connectivity index (χ2v) is 4.45. The average Bonchev–Trinajstić information content (AvgIpc) is 2.75. The number of halogens is 1. The highest BCUT2D eigenvalue weighted by atomic mass is 19.1. The Morgan fingerprint density at radius 1 is 1.39 bits per heavy atom. The molecule has 0 saturated carbocycles. The highest BCUT2D eigenvalue weighted by Gasteiger charge is 2.20. The first-order valence-electron chi connectivity index (χ1n) is 6.01. The van der Waals surface area contributed by atoms with E-state index >= 15 is 0 Å². The monoisotopic (exact) mass is 248 g/mol. The second kappa shape index (κ2) is 4.90. The number of aryl methyl sites for hydroxylation is 3. The van der Waals surface area contributed by atoms with E-state index in [1.54, 1.807) is 23.9 Å². The Bertz CT molecular complexity index is 540. The number of hydrogen-bond acceptors (Lipinski definition) is 2. The molecule has 0 saturated heterocycles. The second-order valence-electron chi connectivity index (χ2n) is 4.45. The maximum absolute atomic E-state index is 14.0. The summed E-state index contributed by atoms with van der Waals surface area (Å²) in [4.78, 5) is 0. The molecule has 3 nitrogen and oxygen atoms in total. The van der Waals surface area contributed by atoms with Crippen LogP contribution in [0.25, 0.3) is 0 Å². The molecule has 0 aliphatic carbocycles. The summed E-state index contributed by atoms with van der Waals surface area (Å²) in [7, 11) is 0. The predicted molar refractivity (Wildman–Crippen MR) is 67.8 cm³/mol.